The fourth-order valence-electron chi connectivity index (χ4n) is 3.55. The summed E-state index contributed by atoms with van der Waals surface area (Å²) < 4.78 is 49.4. The number of carbonyl (C=O) groups is 2. The highest BCUT2D eigenvalue weighted by Crippen LogP contribution is 2.22. The summed E-state index contributed by atoms with van der Waals surface area (Å²) >= 11 is 0. The minimum atomic E-state index is -4.06. The van der Waals surface area contributed by atoms with Gasteiger partial charge in [0, 0.05) is 26.7 Å². The van der Waals surface area contributed by atoms with Gasteiger partial charge in [0.1, 0.15) is 11.8 Å². The molecule has 3 rings (SSSR count). The van der Waals surface area contributed by atoms with E-state index in [9.17, 15) is 18.0 Å². The Kier molecular flexibility index (Phi) is 9.75. The number of methoxy groups -OCH3 is 1. The van der Waals surface area contributed by atoms with Crippen LogP contribution in [0.2, 0.25) is 0 Å². The molecule has 0 bridgehead atoms. The van der Waals surface area contributed by atoms with Gasteiger partial charge in [-0.25, -0.2) is 13.2 Å². The van der Waals surface area contributed by atoms with Gasteiger partial charge in [0.25, 0.3) is 0 Å². The summed E-state index contributed by atoms with van der Waals surface area (Å²) in [7, 11) is -2.66. The van der Waals surface area contributed by atoms with Crippen molar-refractivity contribution in [1.29, 1.82) is 0 Å². The van der Waals surface area contributed by atoms with Crippen LogP contribution in [0, 0.1) is 0 Å². The zero-order chi connectivity index (χ0) is 25.3. The molecule has 1 heterocycles. The van der Waals surface area contributed by atoms with E-state index in [1.165, 1.54) is 31.4 Å². The van der Waals surface area contributed by atoms with E-state index in [-0.39, 0.29) is 23.8 Å². The van der Waals surface area contributed by atoms with Gasteiger partial charge in [-0.1, -0.05) is 30.3 Å². The normalized spacial score (nSPS) is 16.3. The molecule has 2 atom stereocenters. The highest BCUT2D eigenvalue weighted by molar-refractivity contribution is 7.89. The predicted octanol–water partition coefficient (Wildman–Crippen LogP) is 1.52. The van der Waals surface area contributed by atoms with Crippen molar-refractivity contribution >= 4 is 22.0 Å². The van der Waals surface area contributed by atoms with Gasteiger partial charge in [-0.05, 0) is 36.8 Å². The Bertz CT molecular complexity index is 1070. The number of hydrogen-bond acceptors (Lipinski definition) is 9. The molecule has 1 aliphatic heterocycles. The largest absolute Gasteiger partial charge is 0.465 e. The highest BCUT2D eigenvalue weighted by atomic mass is 32.2. The molecule has 2 aromatic carbocycles. The van der Waals surface area contributed by atoms with E-state index in [2.05, 4.69) is 4.72 Å². The lowest BCUT2D eigenvalue weighted by Crippen LogP contribution is -2.51. The van der Waals surface area contributed by atoms with E-state index in [1.54, 1.807) is 31.2 Å². The number of rotatable bonds is 11. The van der Waals surface area contributed by atoms with Gasteiger partial charge in [-0.2, -0.15) is 4.72 Å². The Morgan fingerprint density at radius 3 is 2.29 bits per heavy atom. The molecule has 35 heavy (non-hydrogen) atoms. The molecule has 0 saturated carbocycles. The minimum Gasteiger partial charge on any atom is -0.465 e. The van der Waals surface area contributed by atoms with E-state index >= 15 is 0 Å². The van der Waals surface area contributed by atoms with Gasteiger partial charge in [-0.15, -0.1) is 0 Å². The number of esters is 2. The summed E-state index contributed by atoms with van der Waals surface area (Å²) in [6, 6.07) is 13.1. The third kappa shape index (κ3) is 7.58. The molecule has 1 aliphatic rings. The standard InChI is InChI=1S/C24H30N2O8S/c1-3-33-23(27)21(17-26-13-15-32-16-14-26)25-35(29,30)20-11-9-19(10-12-20)34-24(28)22(31-2)18-7-5-4-6-8-18/h4-12,21-22,25H,3,13-17H2,1-2H3. The van der Waals surface area contributed by atoms with Crippen LogP contribution in [0.15, 0.2) is 59.5 Å². The molecule has 10 nitrogen and oxygen atoms in total. The van der Waals surface area contributed by atoms with Crippen molar-refractivity contribution in [1.82, 2.24) is 9.62 Å². The first-order valence-corrected chi connectivity index (χ1v) is 12.7. The molecule has 190 valence electrons. The second-order valence-corrected chi connectivity index (χ2v) is 9.47. The smallest absolute Gasteiger partial charge is 0.345 e. The van der Waals surface area contributed by atoms with Crippen LogP contribution < -0.4 is 9.46 Å². The first-order chi connectivity index (χ1) is 16.8. The maximum Gasteiger partial charge on any atom is 0.345 e. The number of hydrogen-bond donors (Lipinski definition) is 1. The van der Waals surface area contributed by atoms with Gasteiger partial charge in [0.15, 0.2) is 6.10 Å². The summed E-state index contributed by atoms with van der Waals surface area (Å²) in [4.78, 5) is 26.8. The number of ether oxygens (including phenoxy) is 4. The SMILES string of the molecule is CCOC(=O)C(CN1CCOCC1)NS(=O)(=O)c1ccc(OC(=O)C(OC)c2ccccc2)cc1. The van der Waals surface area contributed by atoms with Crippen LogP contribution in [-0.4, -0.2) is 77.9 Å². The molecule has 0 radical (unpaired) electrons. The summed E-state index contributed by atoms with van der Waals surface area (Å²) in [5, 5.41) is 0. The average Bonchev–Trinajstić information content (AvgIpc) is 2.86. The number of nitrogens with one attached hydrogen (secondary N) is 1. The summed E-state index contributed by atoms with van der Waals surface area (Å²) in [5.41, 5.74) is 0.633. The average molecular weight is 507 g/mol. The number of sulfonamides is 1. The van der Waals surface area contributed by atoms with Crippen LogP contribution in [0.4, 0.5) is 0 Å². The van der Waals surface area contributed by atoms with Gasteiger partial charge < -0.3 is 18.9 Å². The topological polar surface area (TPSA) is 120 Å². The van der Waals surface area contributed by atoms with Crippen LogP contribution in [0.25, 0.3) is 0 Å². The zero-order valence-corrected chi connectivity index (χ0v) is 20.5. The molecule has 11 heteroatoms. The van der Waals surface area contributed by atoms with Crippen molar-refractivity contribution in [3.63, 3.8) is 0 Å². The monoisotopic (exact) mass is 506 g/mol. The van der Waals surface area contributed by atoms with Crippen molar-refractivity contribution in [2.24, 2.45) is 0 Å². The summed E-state index contributed by atoms with van der Waals surface area (Å²) in [6.07, 6.45) is -0.924. The number of nitrogens with zero attached hydrogens (tertiary/aromatic N) is 1. The molecule has 1 N–H and O–H groups in total. The second kappa shape index (κ2) is 12.8. The fourth-order valence-corrected chi connectivity index (χ4v) is 4.73. The first kappa shape index (κ1) is 26.8. The molecule has 0 amide bonds. The molecular formula is C24H30N2O8S. The Labute approximate surface area is 205 Å². The van der Waals surface area contributed by atoms with Crippen LogP contribution in [0.1, 0.15) is 18.6 Å². The lowest BCUT2D eigenvalue weighted by Gasteiger charge is -2.29. The van der Waals surface area contributed by atoms with Crippen molar-refractivity contribution in [2.75, 3.05) is 46.6 Å². The molecule has 0 spiro atoms. The van der Waals surface area contributed by atoms with Gasteiger partial charge in [-0.3, -0.25) is 9.69 Å². The quantitative estimate of drug-likeness (QED) is 0.357. The van der Waals surface area contributed by atoms with Gasteiger partial charge in [0.05, 0.1) is 24.7 Å². The third-order valence-corrected chi connectivity index (χ3v) is 6.81. The first-order valence-electron chi connectivity index (χ1n) is 11.2. The lowest BCUT2D eigenvalue weighted by atomic mass is 10.1. The maximum atomic E-state index is 13.0. The molecule has 2 aromatic rings. The summed E-state index contributed by atoms with van der Waals surface area (Å²) in [5.74, 6) is -1.14. The Balaban J connectivity index is 1.68. The fraction of sp³-hybridized carbons (Fsp3) is 0.417. The van der Waals surface area contributed by atoms with Crippen molar-refractivity contribution in [3.8, 4) is 5.75 Å². The Morgan fingerprint density at radius 2 is 1.69 bits per heavy atom. The van der Waals surface area contributed by atoms with E-state index in [4.69, 9.17) is 18.9 Å². The lowest BCUT2D eigenvalue weighted by molar-refractivity contribution is -0.146. The van der Waals surface area contributed by atoms with Gasteiger partial charge in [0.2, 0.25) is 10.0 Å². The minimum absolute atomic E-state index is 0.0834. The molecule has 2 unspecified atom stereocenters. The van der Waals surface area contributed by atoms with Crippen molar-refractivity contribution < 1.29 is 37.0 Å². The van der Waals surface area contributed by atoms with E-state index in [0.29, 0.717) is 31.9 Å². The highest BCUT2D eigenvalue weighted by Gasteiger charge is 2.30. The van der Waals surface area contributed by atoms with Crippen LogP contribution in [0.5, 0.6) is 5.75 Å². The second-order valence-electron chi connectivity index (χ2n) is 7.76. The molecular weight excluding hydrogens is 476 g/mol. The molecule has 1 saturated heterocycles. The molecule has 0 aromatic heterocycles. The molecule has 1 fully saturated rings. The number of benzene rings is 2. The third-order valence-electron chi connectivity index (χ3n) is 5.32. The van der Waals surface area contributed by atoms with Gasteiger partial charge >= 0.3 is 11.9 Å². The van der Waals surface area contributed by atoms with Crippen molar-refractivity contribution in [2.45, 2.75) is 24.0 Å². The zero-order valence-electron chi connectivity index (χ0n) is 19.7. The number of morpholine rings is 1. The van der Waals surface area contributed by atoms with E-state index in [0.717, 1.165) is 0 Å². The Hall–Kier alpha value is -2.83. The van der Waals surface area contributed by atoms with Crippen LogP contribution in [-0.2, 0) is 33.8 Å². The van der Waals surface area contributed by atoms with Crippen molar-refractivity contribution in [3.05, 3.63) is 60.2 Å². The predicted molar refractivity (Wildman–Crippen MR) is 126 cm³/mol. The Morgan fingerprint density at radius 1 is 1.03 bits per heavy atom. The number of carbonyl (C=O) groups excluding carboxylic acids is 2. The van der Waals surface area contributed by atoms with E-state index in [1.807, 2.05) is 11.0 Å². The summed E-state index contributed by atoms with van der Waals surface area (Å²) in [6.45, 7) is 4.14. The molecule has 0 aliphatic carbocycles. The van der Waals surface area contributed by atoms with E-state index < -0.39 is 34.1 Å². The van der Waals surface area contributed by atoms with Crippen LogP contribution >= 0.6 is 0 Å². The van der Waals surface area contributed by atoms with Crippen LogP contribution in [0.3, 0.4) is 0 Å². The maximum absolute atomic E-state index is 13.0.